The van der Waals surface area contributed by atoms with Crippen LogP contribution in [0.1, 0.15) is 23.1 Å². The zero-order chi connectivity index (χ0) is 8.77. The van der Waals surface area contributed by atoms with Crippen LogP contribution in [-0.4, -0.2) is 21.0 Å². The highest BCUT2D eigenvalue weighted by Gasteiger charge is 2.39. The fourth-order valence-corrected chi connectivity index (χ4v) is 1.20. The number of fused-ring (bicyclic) bond motifs is 1. The van der Waals surface area contributed by atoms with Crippen molar-refractivity contribution in [3.63, 3.8) is 0 Å². The van der Waals surface area contributed by atoms with Crippen molar-refractivity contribution in [3.8, 4) is 0 Å². The van der Waals surface area contributed by atoms with E-state index in [1.165, 1.54) is 19.3 Å². The summed E-state index contributed by atoms with van der Waals surface area (Å²) in [7, 11) is 0. The molecule has 1 atom stereocenters. The monoisotopic (exact) mass is 165 g/mol. The van der Waals surface area contributed by atoms with Gasteiger partial charge in [0.25, 0.3) is 5.91 Å². The van der Waals surface area contributed by atoms with Crippen LogP contribution in [0.25, 0.3) is 0 Å². The van der Waals surface area contributed by atoms with Crippen LogP contribution in [-0.2, 0) is 5.72 Å². The molecule has 0 aliphatic carbocycles. The third kappa shape index (κ3) is 0.799. The van der Waals surface area contributed by atoms with Gasteiger partial charge in [0, 0.05) is 12.4 Å². The first-order valence-corrected chi connectivity index (χ1v) is 3.47. The van der Waals surface area contributed by atoms with E-state index in [0.717, 1.165) is 0 Å². The van der Waals surface area contributed by atoms with Crippen LogP contribution in [0.5, 0.6) is 0 Å². The molecular weight excluding hydrogens is 158 g/mol. The average molecular weight is 165 g/mol. The van der Waals surface area contributed by atoms with E-state index in [-0.39, 0.29) is 17.3 Å². The van der Waals surface area contributed by atoms with Gasteiger partial charge in [-0.25, -0.2) is 4.98 Å². The maximum Gasteiger partial charge on any atom is 0.274 e. The minimum absolute atomic E-state index is 0.197. The molecule has 1 aromatic heterocycles. The summed E-state index contributed by atoms with van der Waals surface area (Å²) in [6.07, 6.45) is 2.85. The van der Waals surface area contributed by atoms with Crippen LogP contribution in [0.4, 0.5) is 0 Å². The summed E-state index contributed by atoms with van der Waals surface area (Å²) in [6.45, 7) is 1.46. The van der Waals surface area contributed by atoms with Crippen molar-refractivity contribution in [3.05, 3.63) is 23.8 Å². The molecule has 0 saturated carbocycles. The number of aromatic nitrogens is 2. The van der Waals surface area contributed by atoms with Crippen molar-refractivity contribution >= 4 is 5.91 Å². The molecule has 0 aromatic carbocycles. The van der Waals surface area contributed by atoms with Gasteiger partial charge in [-0.15, -0.1) is 0 Å². The van der Waals surface area contributed by atoms with Crippen molar-refractivity contribution in [2.45, 2.75) is 12.6 Å². The van der Waals surface area contributed by atoms with Crippen molar-refractivity contribution in [2.24, 2.45) is 0 Å². The van der Waals surface area contributed by atoms with Crippen LogP contribution in [0.2, 0.25) is 0 Å². The number of hydrogen-bond acceptors (Lipinski definition) is 4. The quantitative estimate of drug-likeness (QED) is 0.537. The Kier molecular flexibility index (Phi) is 1.20. The molecule has 5 heteroatoms. The molecule has 0 spiro atoms. The summed E-state index contributed by atoms with van der Waals surface area (Å²) >= 11 is 0. The van der Waals surface area contributed by atoms with Gasteiger partial charge in [-0.05, 0) is 6.92 Å². The second-order valence-electron chi connectivity index (χ2n) is 2.78. The molecule has 0 fully saturated rings. The van der Waals surface area contributed by atoms with Crippen molar-refractivity contribution < 1.29 is 9.90 Å². The topological polar surface area (TPSA) is 75.1 Å². The third-order valence-electron chi connectivity index (χ3n) is 1.73. The molecule has 0 radical (unpaired) electrons. The van der Waals surface area contributed by atoms with Gasteiger partial charge in [-0.1, -0.05) is 0 Å². The number of nitrogens with one attached hydrogen (secondary N) is 1. The van der Waals surface area contributed by atoms with Gasteiger partial charge < -0.3 is 10.4 Å². The van der Waals surface area contributed by atoms with Crippen molar-refractivity contribution in [2.75, 3.05) is 0 Å². The molecule has 1 unspecified atom stereocenters. The summed E-state index contributed by atoms with van der Waals surface area (Å²) in [4.78, 5) is 18.8. The molecule has 1 aliphatic heterocycles. The molecule has 62 valence electrons. The highest BCUT2D eigenvalue weighted by molar-refractivity contribution is 5.96. The minimum Gasteiger partial charge on any atom is -0.366 e. The summed E-state index contributed by atoms with van der Waals surface area (Å²) in [5, 5.41) is 11.9. The van der Waals surface area contributed by atoms with E-state index in [1.807, 2.05) is 0 Å². The fraction of sp³-hybridized carbons (Fsp3) is 0.286. The highest BCUT2D eigenvalue weighted by atomic mass is 16.3. The molecule has 2 rings (SSSR count). The Balaban J connectivity index is 2.66. The lowest BCUT2D eigenvalue weighted by molar-refractivity contribution is 0.0270. The van der Waals surface area contributed by atoms with Gasteiger partial charge in [-0.3, -0.25) is 9.78 Å². The molecular formula is C7H7N3O2. The zero-order valence-electron chi connectivity index (χ0n) is 6.40. The molecule has 2 N–H and O–H groups in total. The minimum atomic E-state index is -1.37. The van der Waals surface area contributed by atoms with Gasteiger partial charge in [-0.2, -0.15) is 0 Å². The number of carbonyl (C=O) groups is 1. The molecule has 0 saturated heterocycles. The normalized spacial score (nSPS) is 26.7. The molecule has 1 amide bonds. The second kappa shape index (κ2) is 2.01. The molecule has 0 bridgehead atoms. The van der Waals surface area contributed by atoms with Crippen LogP contribution >= 0.6 is 0 Å². The van der Waals surface area contributed by atoms with E-state index in [9.17, 15) is 9.90 Å². The highest BCUT2D eigenvalue weighted by Crippen LogP contribution is 2.23. The smallest absolute Gasteiger partial charge is 0.274 e. The Hall–Kier alpha value is -1.49. The Morgan fingerprint density at radius 1 is 1.50 bits per heavy atom. The van der Waals surface area contributed by atoms with Gasteiger partial charge >= 0.3 is 0 Å². The molecule has 5 nitrogen and oxygen atoms in total. The molecule has 12 heavy (non-hydrogen) atoms. The lowest BCUT2D eigenvalue weighted by atomic mass is 10.2. The maximum absolute atomic E-state index is 11.1. The average Bonchev–Trinajstić information content (AvgIpc) is 2.25. The summed E-state index contributed by atoms with van der Waals surface area (Å²) in [5.74, 6) is -0.386. The number of aliphatic hydroxyl groups is 1. The first kappa shape index (κ1) is 7.17. The zero-order valence-corrected chi connectivity index (χ0v) is 6.40. The lowest BCUT2D eigenvalue weighted by Crippen LogP contribution is -2.36. The van der Waals surface area contributed by atoms with Crippen molar-refractivity contribution in [1.82, 2.24) is 15.3 Å². The summed E-state index contributed by atoms with van der Waals surface area (Å²) < 4.78 is 0. The van der Waals surface area contributed by atoms with E-state index in [1.54, 1.807) is 0 Å². The molecule has 2 heterocycles. The molecule has 1 aromatic rings. The van der Waals surface area contributed by atoms with Crippen LogP contribution in [0.3, 0.4) is 0 Å². The van der Waals surface area contributed by atoms with Crippen LogP contribution in [0, 0.1) is 0 Å². The second-order valence-corrected chi connectivity index (χ2v) is 2.78. The Labute approximate surface area is 68.5 Å². The van der Waals surface area contributed by atoms with Gasteiger partial charge in [0.15, 0.2) is 11.4 Å². The lowest BCUT2D eigenvalue weighted by Gasteiger charge is -2.14. The Morgan fingerprint density at radius 2 is 2.17 bits per heavy atom. The largest absolute Gasteiger partial charge is 0.366 e. The number of hydrogen-bond donors (Lipinski definition) is 2. The SMILES string of the molecule is CC1(O)NC(=O)c2nccnc21. The van der Waals surface area contributed by atoms with Crippen LogP contribution in [0.15, 0.2) is 12.4 Å². The predicted molar refractivity (Wildman–Crippen MR) is 39.1 cm³/mol. The summed E-state index contributed by atoms with van der Waals surface area (Å²) in [6, 6.07) is 0. The standard InChI is InChI=1S/C7H7N3O2/c1-7(12)5-4(6(11)10-7)8-2-3-9-5/h2-3,12H,1H3,(H,10,11). The number of amides is 1. The predicted octanol–water partition coefficient (Wildman–Crippen LogP) is -0.615. The first-order valence-electron chi connectivity index (χ1n) is 3.47. The maximum atomic E-state index is 11.1. The van der Waals surface area contributed by atoms with E-state index in [4.69, 9.17) is 0 Å². The fourth-order valence-electron chi connectivity index (χ4n) is 1.20. The molecule has 1 aliphatic rings. The Morgan fingerprint density at radius 3 is 2.83 bits per heavy atom. The Bertz CT molecular complexity index is 348. The van der Waals surface area contributed by atoms with Gasteiger partial charge in [0.2, 0.25) is 0 Å². The van der Waals surface area contributed by atoms with Crippen LogP contribution < -0.4 is 5.32 Å². The number of nitrogens with zero attached hydrogens (tertiary/aromatic N) is 2. The summed E-state index contributed by atoms with van der Waals surface area (Å²) in [5.41, 5.74) is -0.891. The third-order valence-corrected chi connectivity index (χ3v) is 1.73. The van der Waals surface area contributed by atoms with E-state index >= 15 is 0 Å². The number of carbonyl (C=O) groups excluding carboxylic acids is 1. The van der Waals surface area contributed by atoms with Crippen molar-refractivity contribution in [1.29, 1.82) is 0 Å². The van der Waals surface area contributed by atoms with Gasteiger partial charge in [0.05, 0.1) is 0 Å². The number of rotatable bonds is 0. The van der Waals surface area contributed by atoms with E-state index < -0.39 is 5.72 Å². The van der Waals surface area contributed by atoms with E-state index in [2.05, 4.69) is 15.3 Å². The first-order chi connectivity index (χ1) is 5.61. The van der Waals surface area contributed by atoms with Gasteiger partial charge in [0.1, 0.15) is 5.69 Å². The van der Waals surface area contributed by atoms with E-state index in [0.29, 0.717) is 0 Å².